The van der Waals surface area contributed by atoms with Crippen LogP contribution in [0.2, 0.25) is 0 Å². The minimum atomic E-state index is -3.37. The molecule has 2 N–H and O–H groups in total. The third-order valence-corrected chi connectivity index (χ3v) is 6.41. The van der Waals surface area contributed by atoms with E-state index in [1.807, 2.05) is 13.2 Å². The molecule has 0 aliphatic rings. The second-order valence-electron chi connectivity index (χ2n) is 3.78. The van der Waals surface area contributed by atoms with Gasteiger partial charge in [-0.05, 0) is 19.2 Å². The Hall–Kier alpha value is -0.0800. The molecular formula is C10H18N2O2S3. The van der Waals surface area contributed by atoms with E-state index in [0.29, 0.717) is 11.4 Å². The lowest BCUT2D eigenvalue weighted by Crippen LogP contribution is -2.36. The predicted molar refractivity (Wildman–Crippen MR) is 75.0 cm³/mol. The number of thioether (sulfide) groups is 1. The molecule has 7 heteroatoms. The molecule has 1 atom stereocenters. The monoisotopic (exact) mass is 294 g/mol. The van der Waals surface area contributed by atoms with Crippen molar-refractivity contribution in [3.05, 3.63) is 16.3 Å². The van der Waals surface area contributed by atoms with Gasteiger partial charge in [-0.1, -0.05) is 0 Å². The first-order chi connectivity index (χ1) is 7.93. The van der Waals surface area contributed by atoms with Gasteiger partial charge in [0.2, 0.25) is 10.0 Å². The van der Waals surface area contributed by atoms with E-state index in [4.69, 9.17) is 5.73 Å². The molecule has 4 nitrogen and oxygen atoms in total. The van der Waals surface area contributed by atoms with Gasteiger partial charge >= 0.3 is 0 Å². The van der Waals surface area contributed by atoms with Gasteiger partial charge in [0.05, 0.1) is 4.90 Å². The van der Waals surface area contributed by atoms with Crippen molar-refractivity contribution < 1.29 is 8.42 Å². The maximum atomic E-state index is 12.3. The van der Waals surface area contributed by atoms with E-state index in [0.717, 1.165) is 10.6 Å². The van der Waals surface area contributed by atoms with Crippen LogP contribution in [0, 0.1) is 0 Å². The molecule has 0 aliphatic heterocycles. The number of nitrogens with two attached hydrogens (primary N) is 1. The minimum Gasteiger partial charge on any atom is -0.326 e. The number of hydrogen-bond donors (Lipinski definition) is 1. The molecule has 1 rings (SSSR count). The fraction of sp³-hybridized carbons (Fsp3) is 0.600. The normalized spacial score (nSPS) is 14.2. The zero-order chi connectivity index (χ0) is 13.1. The molecule has 1 heterocycles. The molecule has 0 radical (unpaired) electrons. The topological polar surface area (TPSA) is 63.4 Å². The third kappa shape index (κ3) is 3.45. The van der Waals surface area contributed by atoms with Crippen LogP contribution in [0.3, 0.4) is 0 Å². The highest BCUT2D eigenvalue weighted by Gasteiger charge is 2.25. The summed E-state index contributed by atoms with van der Waals surface area (Å²) in [6.07, 6.45) is 1.97. The third-order valence-electron chi connectivity index (χ3n) is 2.54. The van der Waals surface area contributed by atoms with Gasteiger partial charge in [0.1, 0.15) is 0 Å². The van der Waals surface area contributed by atoms with E-state index in [1.165, 1.54) is 15.6 Å². The molecule has 1 aromatic heterocycles. The molecule has 0 aromatic carbocycles. The Balaban J connectivity index is 2.94. The molecule has 0 saturated carbocycles. The summed E-state index contributed by atoms with van der Waals surface area (Å²) in [7, 11) is -1.75. The maximum absolute atomic E-state index is 12.3. The summed E-state index contributed by atoms with van der Waals surface area (Å²) in [6.45, 7) is 2.29. The van der Waals surface area contributed by atoms with Crippen molar-refractivity contribution in [3.8, 4) is 0 Å². The summed E-state index contributed by atoms with van der Waals surface area (Å²) < 4.78 is 25.9. The molecule has 1 aromatic rings. The minimum absolute atomic E-state index is 0.0174. The molecule has 17 heavy (non-hydrogen) atoms. The Labute approximate surface area is 111 Å². The Morgan fingerprint density at radius 1 is 1.59 bits per heavy atom. The van der Waals surface area contributed by atoms with Crippen LogP contribution in [0.1, 0.15) is 11.8 Å². The van der Waals surface area contributed by atoms with Crippen molar-refractivity contribution in [1.29, 1.82) is 0 Å². The highest BCUT2D eigenvalue weighted by Crippen LogP contribution is 2.23. The van der Waals surface area contributed by atoms with Gasteiger partial charge in [0.15, 0.2) is 0 Å². The number of hydrogen-bond acceptors (Lipinski definition) is 5. The van der Waals surface area contributed by atoms with Crippen LogP contribution >= 0.6 is 23.1 Å². The number of sulfonamides is 1. The maximum Gasteiger partial charge on any atom is 0.243 e. The SMILES string of the molecule is CSCC(C)N(C)S(=O)(=O)c1csc(CN)c1. The highest BCUT2D eigenvalue weighted by atomic mass is 32.2. The lowest BCUT2D eigenvalue weighted by molar-refractivity contribution is 0.415. The Kier molecular flexibility index (Phi) is 5.46. The fourth-order valence-electron chi connectivity index (χ4n) is 1.35. The van der Waals surface area contributed by atoms with E-state index in [1.54, 1.807) is 30.3 Å². The Morgan fingerprint density at radius 2 is 2.24 bits per heavy atom. The van der Waals surface area contributed by atoms with Gasteiger partial charge in [0, 0.05) is 35.6 Å². The van der Waals surface area contributed by atoms with Crippen LogP contribution in [-0.2, 0) is 16.6 Å². The van der Waals surface area contributed by atoms with E-state index >= 15 is 0 Å². The van der Waals surface area contributed by atoms with Gasteiger partial charge in [-0.3, -0.25) is 0 Å². The van der Waals surface area contributed by atoms with E-state index in [2.05, 4.69) is 0 Å². The Morgan fingerprint density at radius 3 is 2.71 bits per heavy atom. The lowest BCUT2D eigenvalue weighted by Gasteiger charge is -2.23. The molecule has 0 amide bonds. The van der Waals surface area contributed by atoms with Crippen LogP contribution in [0.25, 0.3) is 0 Å². The average Bonchev–Trinajstić information content (AvgIpc) is 2.77. The standard InChI is InChI=1S/C10H18N2O2S3/c1-8(6-15-3)12(2)17(13,14)10-4-9(5-11)16-7-10/h4,7-8H,5-6,11H2,1-3H3. The van der Waals surface area contributed by atoms with Crippen molar-refractivity contribution in [2.24, 2.45) is 5.73 Å². The molecule has 98 valence electrons. The summed E-state index contributed by atoms with van der Waals surface area (Å²) in [5.74, 6) is 0.781. The van der Waals surface area contributed by atoms with Crippen molar-refractivity contribution >= 4 is 33.1 Å². The van der Waals surface area contributed by atoms with E-state index in [9.17, 15) is 8.42 Å². The summed E-state index contributed by atoms with van der Waals surface area (Å²) in [5.41, 5.74) is 5.49. The second kappa shape index (κ2) is 6.19. The van der Waals surface area contributed by atoms with Crippen molar-refractivity contribution in [2.45, 2.75) is 24.4 Å². The van der Waals surface area contributed by atoms with E-state index in [-0.39, 0.29) is 6.04 Å². The molecule has 0 aliphatic carbocycles. The summed E-state index contributed by atoms with van der Waals surface area (Å²) in [6, 6.07) is 1.64. The van der Waals surface area contributed by atoms with Gasteiger partial charge in [-0.25, -0.2) is 8.42 Å². The van der Waals surface area contributed by atoms with Gasteiger partial charge in [-0.15, -0.1) is 11.3 Å². The van der Waals surface area contributed by atoms with Crippen LogP contribution in [0.5, 0.6) is 0 Å². The predicted octanol–water partition coefficient (Wildman–Crippen LogP) is 1.58. The van der Waals surface area contributed by atoms with Crippen LogP contribution in [0.15, 0.2) is 16.3 Å². The Bertz CT molecular complexity index is 456. The number of thiophene rings is 1. The first-order valence-electron chi connectivity index (χ1n) is 5.18. The molecule has 0 bridgehead atoms. The molecular weight excluding hydrogens is 276 g/mol. The quantitative estimate of drug-likeness (QED) is 0.865. The molecule has 1 unspecified atom stereocenters. The first kappa shape index (κ1) is 15.0. The smallest absolute Gasteiger partial charge is 0.243 e. The van der Waals surface area contributed by atoms with Gasteiger partial charge in [0.25, 0.3) is 0 Å². The second-order valence-corrected chi connectivity index (χ2v) is 7.68. The van der Waals surface area contributed by atoms with Crippen molar-refractivity contribution in [3.63, 3.8) is 0 Å². The van der Waals surface area contributed by atoms with Crippen LogP contribution in [0.4, 0.5) is 0 Å². The number of nitrogens with zero attached hydrogens (tertiary/aromatic N) is 1. The summed E-state index contributed by atoms with van der Waals surface area (Å²) in [4.78, 5) is 1.23. The lowest BCUT2D eigenvalue weighted by atomic mass is 10.4. The van der Waals surface area contributed by atoms with Crippen molar-refractivity contribution in [1.82, 2.24) is 4.31 Å². The van der Waals surface area contributed by atoms with Gasteiger partial charge in [-0.2, -0.15) is 16.1 Å². The summed E-state index contributed by atoms with van der Waals surface area (Å²) in [5, 5.41) is 1.65. The number of rotatable bonds is 6. The zero-order valence-corrected chi connectivity index (χ0v) is 12.7. The van der Waals surface area contributed by atoms with Crippen LogP contribution in [-0.4, -0.2) is 37.8 Å². The van der Waals surface area contributed by atoms with Crippen LogP contribution < -0.4 is 5.73 Å². The fourth-order valence-corrected chi connectivity index (χ4v) is 4.66. The molecule has 0 fully saturated rings. The first-order valence-corrected chi connectivity index (χ1v) is 8.89. The molecule has 0 spiro atoms. The van der Waals surface area contributed by atoms with Crippen molar-refractivity contribution in [2.75, 3.05) is 19.1 Å². The summed E-state index contributed by atoms with van der Waals surface area (Å²) >= 11 is 3.02. The van der Waals surface area contributed by atoms with Gasteiger partial charge < -0.3 is 5.73 Å². The highest BCUT2D eigenvalue weighted by molar-refractivity contribution is 7.98. The largest absolute Gasteiger partial charge is 0.326 e. The zero-order valence-electron chi connectivity index (χ0n) is 10.2. The molecule has 0 saturated heterocycles. The van der Waals surface area contributed by atoms with E-state index < -0.39 is 10.0 Å². The average molecular weight is 294 g/mol.